The molecule has 31 heavy (non-hydrogen) atoms. The van der Waals surface area contributed by atoms with Crippen molar-refractivity contribution in [3.05, 3.63) is 94.3 Å². The molecule has 0 aromatic heterocycles. The molecule has 0 fully saturated rings. The van der Waals surface area contributed by atoms with Crippen molar-refractivity contribution in [2.75, 3.05) is 11.9 Å². The third kappa shape index (κ3) is 5.25. The SMILES string of the molecule is CCC1=C(CO)\C=C(\O)C(C)C\C=C\1C(=N)c1ccccc1NCc1ccc(O)cc1. The molecule has 0 saturated heterocycles. The number of rotatable bonds is 7. The van der Waals surface area contributed by atoms with Crippen molar-refractivity contribution in [3.63, 3.8) is 0 Å². The highest BCUT2D eigenvalue weighted by molar-refractivity contribution is 6.16. The average molecular weight is 419 g/mol. The van der Waals surface area contributed by atoms with Gasteiger partial charge in [-0.15, -0.1) is 0 Å². The van der Waals surface area contributed by atoms with Crippen molar-refractivity contribution >= 4 is 11.4 Å². The van der Waals surface area contributed by atoms with E-state index in [1.54, 1.807) is 18.2 Å². The van der Waals surface area contributed by atoms with E-state index in [-0.39, 0.29) is 24.0 Å². The Labute approximate surface area is 183 Å². The molecule has 5 nitrogen and oxygen atoms in total. The molecule has 1 aliphatic rings. The lowest BCUT2D eigenvalue weighted by molar-refractivity contribution is 0.322. The number of nitrogens with one attached hydrogen (secondary N) is 2. The molecule has 2 aromatic carbocycles. The molecule has 0 heterocycles. The Balaban J connectivity index is 1.95. The summed E-state index contributed by atoms with van der Waals surface area (Å²) in [5.74, 6) is 0.411. The third-order valence-electron chi connectivity index (χ3n) is 5.62. The molecule has 5 N–H and O–H groups in total. The number of hydrogen-bond donors (Lipinski definition) is 5. The standard InChI is InChI=1S/C26H30N2O3/c1-3-21-19(16-29)14-25(31)17(2)8-13-22(21)26(27)23-6-4-5-7-24(23)28-15-18-9-11-20(30)12-10-18/h4-7,9-14,17,27-31H,3,8,15-16H2,1-2H3/b21-19-,22-13-,25-14+,27-26?. The molecular weight excluding hydrogens is 388 g/mol. The summed E-state index contributed by atoms with van der Waals surface area (Å²) < 4.78 is 0. The number of aliphatic hydroxyl groups is 2. The molecule has 0 bridgehead atoms. The van der Waals surface area contributed by atoms with Crippen molar-refractivity contribution in [1.82, 2.24) is 0 Å². The van der Waals surface area contributed by atoms with E-state index in [0.717, 1.165) is 28.0 Å². The largest absolute Gasteiger partial charge is 0.512 e. The second-order valence-electron chi connectivity index (χ2n) is 7.78. The zero-order chi connectivity index (χ0) is 22.4. The summed E-state index contributed by atoms with van der Waals surface area (Å²) in [4.78, 5) is 0. The predicted octanol–water partition coefficient (Wildman–Crippen LogP) is 5.48. The minimum Gasteiger partial charge on any atom is -0.512 e. The van der Waals surface area contributed by atoms with E-state index in [9.17, 15) is 15.3 Å². The predicted molar refractivity (Wildman–Crippen MR) is 126 cm³/mol. The van der Waals surface area contributed by atoms with Gasteiger partial charge in [-0.25, -0.2) is 0 Å². The minimum absolute atomic E-state index is 0.0781. The Bertz CT molecular complexity index is 1030. The van der Waals surface area contributed by atoms with Crippen LogP contribution in [0.1, 0.15) is 37.8 Å². The Morgan fingerprint density at radius 3 is 2.48 bits per heavy atom. The van der Waals surface area contributed by atoms with Gasteiger partial charge in [0.25, 0.3) is 0 Å². The maximum Gasteiger partial charge on any atom is 0.115 e. The van der Waals surface area contributed by atoms with Crippen LogP contribution in [-0.2, 0) is 6.54 Å². The van der Waals surface area contributed by atoms with Gasteiger partial charge in [0.1, 0.15) is 5.75 Å². The monoisotopic (exact) mass is 418 g/mol. The maximum absolute atomic E-state index is 10.3. The van der Waals surface area contributed by atoms with Gasteiger partial charge in [-0.3, -0.25) is 5.41 Å². The second-order valence-corrected chi connectivity index (χ2v) is 7.78. The molecule has 0 amide bonds. The molecule has 0 radical (unpaired) electrons. The summed E-state index contributed by atoms with van der Waals surface area (Å²) in [7, 11) is 0. The fourth-order valence-corrected chi connectivity index (χ4v) is 3.74. The van der Waals surface area contributed by atoms with E-state index < -0.39 is 0 Å². The molecule has 0 spiro atoms. The summed E-state index contributed by atoms with van der Waals surface area (Å²) in [6.45, 7) is 4.31. The quantitative estimate of drug-likeness (QED) is 0.385. The first-order valence-corrected chi connectivity index (χ1v) is 10.6. The van der Waals surface area contributed by atoms with Gasteiger partial charge in [-0.1, -0.05) is 50.3 Å². The molecule has 3 rings (SSSR count). The number of phenols is 1. The maximum atomic E-state index is 10.3. The highest BCUT2D eigenvalue weighted by atomic mass is 16.3. The van der Waals surface area contributed by atoms with Crippen LogP contribution in [0.15, 0.2) is 83.2 Å². The van der Waals surface area contributed by atoms with Crippen molar-refractivity contribution < 1.29 is 15.3 Å². The van der Waals surface area contributed by atoms with Gasteiger partial charge in [0.05, 0.1) is 18.1 Å². The molecular formula is C26H30N2O3. The van der Waals surface area contributed by atoms with Crippen molar-refractivity contribution in [3.8, 4) is 5.75 Å². The first-order valence-electron chi connectivity index (χ1n) is 10.6. The van der Waals surface area contributed by atoms with Crippen LogP contribution < -0.4 is 5.32 Å². The Morgan fingerprint density at radius 2 is 1.81 bits per heavy atom. The van der Waals surface area contributed by atoms with Crippen LogP contribution in [0.2, 0.25) is 0 Å². The van der Waals surface area contributed by atoms with Gasteiger partial charge in [0, 0.05) is 23.7 Å². The van der Waals surface area contributed by atoms with Gasteiger partial charge < -0.3 is 20.6 Å². The molecule has 5 heteroatoms. The molecule has 1 aliphatic carbocycles. The van der Waals surface area contributed by atoms with Gasteiger partial charge >= 0.3 is 0 Å². The van der Waals surface area contributed by atoms with E-state index in [1.807, 2.05) is 56.3 Å². The lowest BCUT2D eigenvalue weighted by Crippen LogP contribution is -2.14. The normalized spacial score (nSPS) is 22.5. The summed E-state index contributed by atoms with van der Waals surface area (Å²) >= 11 is 0. The lowest BCUT2D eigenvalue weighted by atomic mass is 9.86. The summed E-state index contributed by atoms with van der Waals surface area (Å²) in [6, 6.07) is 14.7. The Hall–Kier alpha value is -3.31. The first kappa shape index (κ1) is 22.4. The van der Waals surface area contributed by atoms with Crippen LogP contribution in [0.25, 0.3) is 0 Å². The van der Waals surface area contributed by atoms with Crippen molar-refractivity contribution in [2.45, 2.75) is 33.2 Å². The van der Waals surface area contributed by atoms with Crippen LogP contribution in [0.4, 0.5) is 5.69 Å². The van der Waals surface area contributed by atoms with Crippen LogP contribution in [0.5, 0.6) is 5.75 Å². The van der Waals surface area contributed by atoms with E-state index in [2.05, 4.69) is 5.32 Å². The number of anilines is 1. The number of benzene rings is 2. The number of phenolic OH excluding ortho intramolecular Hbond substituents is 1. The van der Waals surface area contributed by atoms with Crippen LogP contribution in [-0.4, -0.2) is 27.6 Å². The van der Waals surface area contributed by atoms with E-state index in [4.69, 9.17) is 5.41 Å². The van der Waals surface area contributed by atoms with Crippen LogP contribution in [0, 0.1) is 11.3 Å². The smallest absolute Gasteiger partial charge is 0.115 e. The van der Waals surface area contributed by atoms with Gasteiger partial charge in [-0.05, 0) is 59.4 Å². The van der Waals surface area contributed by atoms with E-state index in [1.165, 1.54) is 0 Å². The zero-order valence-corrected chi connectivity index (χ0v) is 18.0. The topological polar surface area (TPSA) is 96.6 Å². The fraction of sp³-hybridized carbons (Fsp3) is 0.269. The number of aliphatic hydroxyl groups excluding tert-OH is 2. The highest BCUT2D eigenvalue weighted by Crippen LogP contribution is 2.31. The molecule has 162 valence electrons. The summed E-state index contributed by atoms with van der Waals surface area (Å²) in [5, 5.41) is 42.1. The summed E-state index contributed by atoms with van der Waals surface area (Å²) in [6.07, 6.45) is 4.91. The molecule has 0 saturated carbocycles. The minimum atomic E-state index is -0.189. The van der Waals surface area contributed by atoms with E-state index >= 15 is 0 Å². The number of allylic oxidation sites excluding steroid dienone is 4. The number of aromatic hydroxyl groups is 1. The molecule has 1 atom stereocenters. The number of para-hydroxylation sites is 1. The third-order valence-corrected chi connectivity index (χ3v) is 5.62. The fourth-order valence-electron chi connectivity index (χ4n) is 3.74. The van der Waals surface area contributed by atoms with Crippen LogP contribution >= 0.6 is 0 Å². The molecule has 2 aromatic rings. The van der Waals surface area contributed by atoms with Gasteiger partial charge in [0.2, 0.25) is 0 Å². The lowest BCUT2D eigenvalue weighted by Gasteiger charge is -2.22. The Morgan fingerprint density at radius 1 is 1.10 bits per heavy atom. The van der Waals surface area contributed by atoms with Gasteiger partial charge in [0.15, 0.2) is 0 Å². The van der Waals surface area contributed by atoms with Crippen molar-refractivity contribution in [1.29, 1.82) is 5.41 Å². The van der Waals surface area contributed by atoms with Gasteiger partial charge in [-0.2, -0.15) is 0 Å². The second kappa shape index (κ2) is 10.1. The summed E-state index contributed by atoms with van der Waals surface area (Å²) in [5.41, 5.74) is 5.35. The van der Waals surface area contributed by atoms with Crippen molar-refractivity contribution in [2.24, 2.45) is 5.92 Å². The highest BCUT2D eigenvalue weighted by Gasteiger charge is 2.21. The van der Waals surface area contributed by atoms with Crippen LogP contribution in [0.3, 0.4) is 0 Å². The zero-order valence-electron chi connectivity index (χ0n) is 18.0. The molecule has 0 aliphatic heterocycles. The van der Waals surface area contributed by atoms with E-state index in [0.29, 0.717) is 30.7 Å². The molecule has 1 unspecified atom stereocenters. The Kier molecular flexibility index (Phi) is 7.32. The number of hydrogen-bond acceptors (Lipinski definition) is 5. The average Bonchev–Trinajstić information content (AvgIpc) is 2.78. The first-order chi connectivity index (χ1) is 14.9.